The van der Waals surface area contributed by atoms with Crippen molar-refractivity contribution in [3.8, 4) is 0 Å². The number of rotatable bonds is 11. The van der Waals surface area contributed by atoms with E-state index in [9.17, 15) is 19.2 Å². The van der Waals surface area contributed by atoms with Crippen molar-refractivity contribution in [3.05, 3.63) is 128 Å². The van der Waals surface area contributed by atoms with Crippen LogP contribution in [0.3, 0.4) is 0 Å². The lowest BCUT2D eigenvalue weighted by Crippen LogP contribution is -2.49. The van der Waals surface area contributed by atoms with Crippen LogP contribution in [0.5, 0.6) is 0 Å². The van der Waals surface area contributed by atoms with E-state index in [0.29, 0.717) is 17.0 Å². The summed E-state index contributed by atoms with van der Waals surface area (Å²) in [6.45, 7) is 13.0. The smallest absolute Gasteiger partial charge is 0.293 e. The summed E-state index contributed by atoms with van der Waals surface area (Å²) in [5.41, 5.74) is 4.79. The van der Waals surface area contributed by atoms with Crippen molar-refractivity contribution >= 4 is 51.5 Å². The number of amides is 2. The molecule has 4 aromatic rings. The van der Waals surface area contributed by atoms with Crippen LogP contribution in [-0.2, 0) is 16.1 Å². The molecular formula is C44H59BrN10O4. The van der Waals surface area contributed by atoms with Crippen molar-refractivity contribution in [2.75, 3.05) is 109 Å². The third kappa shape index (κ3) is 15.4. The second-order valence-corrected chi connectivity index (χ2v) is 15.5. The highest BCUT2D eigenvalue weighted by molar-refractivity contribution is 9.09. The van der Waals surface area contributed by atoms with E-state index in [0.717, 1.165) is 65.4 Å². The van der Waals surface area contributed by atoms with Crippen molar-refractivity contribution in [3.63, 3.8) is 0 Å². The fourth-order valence-corrected chi connectivity index (χ4v) is 6.95. The molecule has 14 nitrogen and oxygen atoms in total. The molecule has 2 aliphatic heterocycles. The third-order valence-electron chi connectivity index (χ3n) is 9.72. The first kappa shape index (κ1) is 46.3. The number of nitrogens with zero attached hydrogens (tertiary/aromatic N) is 9. The van der Waals surface area contributed by atoms with Crippen molar-refractivity contribution in [1.29, 1.82) is 0 Å². The minimum Gasteiger partial charge on any atom is -0.349 e. The number of carbonyl (C=O) groups is 2. The fraction of sp³-hybridized carbons (Fsp3) is 0.409. The maximum atomic E-state index is 12.8. The summed E-state index contributed by atoms with van der Waals surface area (Å²) in [5.74, 6) is 0.939. The quantitative estimate of drug-likeness (QED) is 0.221. The molecule has 2 amide bonds. The van der Waals surface area contributed by atoms with E-state index in [4.69, 9.17) is 0 Å². The summed E-state index contributed by atoms with van der Waals surface area (Å²) in [6.07, 6.45) is 10.8. The molecule has 2 fully saturated rings. The van der Waals surface area contributed by atoms with Crippen LogP contribution in [0.4, 0.5) is 11.6 Å². The first-order chi connectivity index (χ1) is 28.3. The van der Waals surface area contributed by atoms with Crippen LogP contribution in [0.1, 0.15) is 25.0 Å². The Kier molecular flexibility index (Phi) is 18.7. The Labute approximate surface area is 356 Å². The first-order valence-electron chi connectivity index (χ1n) is 19.8. The molecule has 2 saturated heterocycles. The molecule has 0 atom stereocenters. The van der Waals surface area contributed by atoms with E-state index in [-0.39, 0.29) is 29.5 Å². The van der Waals surface area contributed by atoms with Gasteiger partial charge in [-0.1, -0.05) is 99.9 Å². The first-order valence-corrected chi connectivity index (χ1v) is 20.9. The summed E-state index contributed by atoms with van der Waals surface area (Å²) in [7, 11) is 6.82. The molecule has 0 bridgehead atoms. The summed E-state index contributed by atoms with van der Waals surface area (Å²) >= 11 is 3.02. The van der Waals surface area contributed by atoms with Gasteiger partial charge in [0.1, 0.15) is 6.54 Å². The predicted octanol–water partition coefficient (Wildman–Crippen LogP) is 4.02. The van der Waals surface area contributed by atoms with Crippen LogP contribution in [0.25, 0.3) is 12.2 Å². The number of nitrogens with one attached hydrogen (secondary N) is 1. The lowest BCUT2D eigenvalue weighted by molar-refractivity contribution is -0.129. The number of anilines is 2. The van der Waals surface area contributed by atoms with Gasteiger partial charge in [-0.05, 0) is 25.0 Å². The fourth-order valence-electron chi connectivity index (χ4n) is 6.45. The molecule has 0 unspecified atom stereocenters. The number of aromatic nitrogens is 4. The number of benzene rings is 2. The van der Waals surface area contributed by atoms with Crippen molar-refractivity contribution in [2.24, 2.45) is 0 Å². The Bertz CT molecular complexity index is 2090. The highest BCUT2D eigenvalue weighted by atomic mass is 79.9. The van der Waals surface area contributed by atoms with E-state index in [1.165, 1.54) is 36.6 Å². The monoisotopic (exact) mass is 870 g/mol. The molecule has 316 valence electrons. The number of hydrogen-bond acceptors (Lipinski definition) is 10. The van der Waals surface area contributed by atoms with Crippen LogP contribution in [0.15, 0.2) is 106 Å². The predicted molar refractivity (Wildman–Crippen MR) is 242 cm³/mol. The van der Waals surface area contributed by atoms with Gasteiger partial charge in [0.05, 0.1) is 5.33 Å². The largest absolute Gasteiger partial charge is 0.349 e. The maximum Gasteiger partial charge on any atom is 0.293 e. The molecule has 4 heterocycles. The van der Waals surface area contributed by atoms with Gasteiger partial charge in [-0.15, -0.1) is 0 Å². The molecule has 2 aromatic heterocycles. The van der Waals surface area contributed by atoms with Gasteiger partial charge in [0.15, 0.2) is 11.6 Å². The van der Waals surface area contributed by atoms with Crippen LogP contribution in [0.2, 0.25) is 0 Å². The minimum atomic E-state index is -0.212. The average Bonchev–Trinajstić information content (AvgIpc) is 3.23. The van der Waals surface area contributed by atoms with Gasteiger partial charge in [0.2, 0.25) is 11.8 Å². The zero-order valence-corrected chi connectivity index (χ0v) is 36.8. The zero-order chi connectivity index (χ0) is 42.7. The highest BCUT2D eigenvalue weighted by Gasteiger charge is 2.22. The lowest BCUT2D eigenvalue weighted by Gasteiger charge is -2.35. The number of alkyl halides is 1. The van der Waals surface area contributed by atoms with Crippen LogP contribution in [-0.4, -0.2) is 150 Å². The van der Waals surface area contributed by atoms with Crippen molar-refractivity contribution < 1.29 is 9.59 Å². The van der Waals surface area contributed by atoms with E-state index in [1.54, 1.807) is 53.0 Å². The average molecular weight is 872 g/mol. The molecule has 0 spiro atoms. The molecule has 1 N–H and O–H groups in total. The Morgan fingerprint density at radius 2 is 1.12 bits per heavy atom. The highest BCUT2D eigenvalue weighted by Crippen LogP contribution is 2.14. The molecule has 2 aromatic carbocycles. The van der Waals surface area contributed by atoms with E-state index in [2.05, 4.69) is 108 Å². The molecule has 0 saturated carbocycles. The van der Waals surface area contributed by atoms with Crippen molar-refractivity contribution in [1.82, 2.24) is 39.1 Å². The molecule has 0 radical (unpaired) electrons. The Morgan fingerprint density at radius 3 is 1.54 bits per heavy atom. The topological polar surface area (TPSA) is 134 Å². The number of carbonyl (C=O) groups excluding carboxylic acids is 2. The van der Waals surface area contributed by atoms with Crippen molar-refractivity contribution in [2.45, 2.75) is 20.4 Å². The Balaban J connectivity index is 0.000000229. The molecule has 15 heteroatoms. The van der Waals surface area contributed by atoms with Gasteiger partial charge < -0.3 is 29.2 Å². The van der Waals surface area contributed by atoms with Crippen LogP contribution in [0, 0.1) is 0 Å². The summed E-state index contributed by atoms with van der Waals surface area (Å²) in [4.78, 5) is 70.0. The molecule has 6 rings (SSSR count). The second kappa shape index (κ2) is 23.9. The summed E-state index contributed by atoms with van der Waals surface area (Å²) in [5, 5.41) is 0.417. The van der Waals surface area contributed by atoms with Gasteiger partial charge in [-0.25, -0.2) is 9.97 Å². The molecular weight excluding hydrogens is 812 g/mol. The maximum absolute atomic E-state index is 12.8. The second-order valence-electron chi connectivity index (χ2n) is 15.0. The summed E-state index contributed by atoms with van der Waals surface area (Å²) in [6, 6.07) is 20.7. The van der Waals surface area contributed by atoms with E-state index < -0.39 is 0 Å². The van der Waals surface area contributed by atoms with Gasteiger partial charge in [-0.3, -0.25) is 29.0 Å². The Morgan fingerprint density at radius 1 is 0.661 bits per heavy atom. The number of halogens is 1. The Hall–Kier alpha value is -5.38. The standard InChI is InChI=1S/C22H29N5O2.C18H22N4O.C4H8BrNO/c1-18(15-19-7-5-4-6-8-19)16-25-11-13-26(14-12-25)21-22(29)27(10-9-23-21)17-20(28)24(2)3;1-15(13-16-5-3-2-4-6-16)14-21-9-11-22(12-10-21)17-18(23)20-8-7-19-17;1-6(2)4(7)3-5/h4-10,15H,11-14,16-17H2,1-3H3;2-8,13H,9-12,14H2,1H3,(H,20,23);3H2,1-2H3/b18-15+;15-13+;. The number of H-pyrrole nitrogens is 1. The number of aromatic amines is 1. The van der Waals surface area contributed by atoms with Gasteiger partial charge in [-0.2, -0.15) is 0 Å². The minimum absolute atomic E-state index is 0.0325. The van der Waals surface area contributed by atoms with E-state index >= 15 is 0 Å². The van der Waals surface area contributed by atoms with Gasteiger partial charge >= 0.3 is 0 Å². The van der Waals surface area contributed by atoms with Crippen LogP contribution >= 0.6 is 15.9 Å². The number of likely N-dealkylation sites (N-methyl/N-ethyl adjacent to an activating group) is 1. The normalized spacial score (nSPS) is 15.0. The van der Waals surface area contributed by atoms with Gasteiger partial charge in [0.25, 0.3) is 11.1 Å². The van der Waals surface area contributed by atoms with Crippen LogP contribution < -0.4 is 20.9 Å². The zero-order valence-electron chi connectivity index (χ0n) is 35.3. The van der Waals surface area contributed by atoms with E-state index in [1.807, 2.05) is 29.2 Å². The van der Waals surface area contributed by atoms with Gasteiger partial charge in [0, 0.05) is 118 Å². The number of piperazine rings is 2. The molecule has 0 aliphatic carbocycles. The molecule has 2 aliphatic rings. The lowest BCUT2D eigenvalue weighted by atomic mass is 10.1. The SMILES string of the molecule is C/C(=C\c1ccccc1)CN1CCN(c2ncc[nH]c2=O)CC1.C/C(=C\c1ccccc1)CN1CCN(c2nccn(CC(=O)N(C)C)c2=O)CC1.CN(C)C(=O)CBr. The third-order valence-corrected chi connectivity index (χ3v) is 10.2. The number of hydrogen-bond donors (Lipinski definition) is 1. The molecule has 59 heavy (non-hydrogen) atoms. The summed E-state index contributed by atoms with van der Waals surface area (Å²) < 4.78 is 1.43.